The lowest BCUT2D eigenvalue weighted by Gasteiger charge is -2.13. The van der Waals surface area contributed by atoms with Gasteiger partial charge >= 0.3 is 0 Å². The second-order valence-electron chi connectivity index (χ2n) is 6.09. The lowest BCUT2D eigenvalue weighted by atomic mass is 10.1. The van der Waals surface area contributed by atoms with Gasteiger partial charge in [-0.1, -0.05) is 39.0 Å². The first-order valence-corrected chi connectivity index (χ1v) is 11.7. The van der Waals surface area contributed by atoms with Gasteiger partial charge in [-0.25, -0.2) is 0 Å². The Morgan fingerprint density at radius 1 is 1.00 bits per heavy atom. The predicted molar refractivity (Wildman–Crippen MR) is 127 cm³/mol. The molecular weight excluding hydrogens is 520 g/mol. The first kappa shape index (κ1) is 23.8. The molecular formula is C20H19BrN4O5S2. The third-order valence-corrected chi connectivity index (χ3v) is 6.51. The molecule has 0 aliphatic heterocycles. The molecule has 2 N–H and O–H groups in total. The minimum absolute atomic E-state index is 0.158. The van der Waals surface area contributed by atoms with E-state index in [1.165, 1.54) is 44.4 Å². The van der Waals surface area contributed by atoms with Crippen molar-refractivity contribution >= 4 is 61.7 Å². The quantitative estimate of drug-likeness (QED) is 0.306. The first-order chi connectivity index (χ1) is 15.4. The lowest BCUT2D eigenvalue weighted by Crippen LogP contribution is -2.13. The molecule has 0 saturated heterocycles. The van der Waals surface area contributed by atoms with E-state index in [2.05, 4.69) is 36.8 Å². The summed E-state index contributed by atoms with van der Waals surface area (Å²) in [6.07, 6.45) is 0. The van der Waals surface area contributed by atoms with Gasteiger partial charge in [0.1, 0.15) is 0 Å². The van der Waals surface area contributed by atoms with Gasteiger partial charge in [-0.2, -0.15) is 0 Å². The number of amides is 2. The summed E-state index contributed by atoms with van der Waals surface area (Å²) < 4.78 is 17.3. The number of rotatable bonds is 9. The first-order valence-electron chi connectivity index (χ1n) is 9.06. The maximum atomic E-state index is 12.7. The topological polar surface area (TPSA) is 112 Å². The Balaban J connectivity index is 1.59. The van der Waals surface area contributed by atoms with Crippen LogP contribution in [0.3, 0.4) is 0 Å². The monoisotopic (exact) mass is 538 g/mol. The molecule has 0 aliphatic rings. The second-order valence-corrected chi connectivity index (χ2v) is 9.20. The molecule has 32 heavy (non-hydrogen) atoms. The smallest absolute Gasteiger partial charge is 0.257 e. The molecule has 0 atom stereocenters. The highest BCUT2D eigenvalue weighted by Crippen LogP contribution is 2.38. The van der Waals surface area contributed by atoms with Crippen LogP contribution >= 0.6 is 39.0 Å². The van der Waals surface area contributed by atoms with E-state index in [0.29, 0.717) is 38.0 Å². The van der Waals surface area contributed by atoms with Crippen molar-refractivity contribution in [3.8, 4) is 17.2 Å². The summed E-state index contributed by atoms with van der Waals surface area (Å²) in [5, 5.41) is 13.8. The molecule has 2 aromatic carbocycles. The number of methoxy groups -OCH3 is 3. The van der Waals surface area contributed by atoms with Gasteiger partial charge in [0, 0.05) is 15.7 Å². The lowest BCUT2D eigenvalue weighted by molar-refractivity contribution is -0.113. The van der Waals surface area contributed by atoms with Crippen LogP contribution in [0.2, 0.25) is 0 Å². The summed E-state index contributed by atoms with van der Waals surface area (Å²) in [4.78, 5) is 24.8. The maximum Gasteiger partial charge on any atom is 0.257 e. The highest BCUT2D eigenvalue weighted by Gasteiger charge is 2.18. The molecule has 3 aromatic rings. The number of ether oxygens (including phenoxy) is 3. The van der Waals surface area contributed by atoms with E-state index in [4.69, 9.17) is 14.2 Å². The number of hydrogen-bond donors (Lipinski definition) is 2. The van der Waals surface area contributed by atoms with Gasteiger partial charge in [-0.05, 0) is 36.4 Å². The van der Waals surface area contributed by atoms with E-state index in [-0.39, 0.29) is 11.7 Å². The predicted octanol–water partition coefficient (Wildman–Crippen LogP) is 4.31. The number of hydrogen-bond acceptors (Lipinski definition) is 9. The van der Waals surface area contributed by atoms with Crippen molar-refractivity contribution in [1.29, 1.82) is 0 Å². The van der Waals surface area contributed by atoms with Crippen molar-refractivity contribution in [2.75, 3.05) is 37.7 Å². The Morgan fingerprint density at radius 2 is 1.66 bits per heavy atom. The van der Waals surface area contributed by atoms with Crippen molar-refractivity contribution in [2.45, 2.75) is 4.34 Å². The van der Waals surface area contributed by atoms with Crippen LogP contribution in [0.4, 0.5) is 10.8 Å². The molecule has 12 heteroatoms. The summed E-state index contributed by atoms with van der Waals surface area (Å²) in [6, 6.07) is 10.4. The van der Waals surface area contributed by atoms with Crippen LogP contribution in [0.5, 0.6) is 17.2 Å². The summed E-state index contributed by atoms with van der Waals surface area (Å²) in [6.45, 7) is 0. The molecule has 0 spiro atoms. The minimum Gasteiger partial charge on any atom is -0.493 e. The Bertz CT molecular complexity index is 1080. The maximum absolute atomic E-state index is 12.7. The largest absolute Gasteiger partial charge is 0.493 e. The van der Waals surface area contributed by atoms with Gasteiger partial charge in [0.2, 0.25) is 16.8 Å². The number of aromatic nitrogens is 2. The average molecular weight is 539 g/mol. The van der Waals surface area contributed by atoms with Gasteiger partial charge < -0.3 is 19.5 Å². The molecule has 2 amide bonds. The van der Waals surface area contributed by atoms with Crippen LogP contribution in [-0.2, 0) is 4.79 Å². The minimum atomic E-state index is -0.412. The number of carbonyl (C=O) groups is 2. The summed E-state index contributed by atoms with van der Waals surface area (Å²) >= 11 is 5.75. The Morgan fingerprint density at radius 3 is 2.25 bits per heavy atom. The van der Waals surface area contributed by atoms with Gasteiger partial charge in [-0.15, -0.1) is 10.2 Å². The van der Waals surface area contributed by atoms with E-state index in [1.54, 1.807) is 24.3 Å². The van der Waals surface area contributed by atoms with E-state index >= 15 is 0 Å². The number of carbonyl (C=O) groups excluding carboxylic acids is 2. The molecule has 0 fully saturated rings. The van der Waals surface area contributed by atoms with Crippen molar-refractivity contribution in [3.63, 3.8) is 0 Å². The second kappa shape index (κ2) is 11.2. The van der Waals surface area contributed by atoms with Gasteiger partial charge in [0.15, 0.2) is 15.8 Å². The molecule has 0 saturated carbocycles. The zero-order valence-corrected chi connectivity index (χ0v) is 20.5. The molecule has 0 radical (unpaired) electrons. The Hall–Kier alpha value is -2.83. The summed E-state index contributed by atoms with van der Waals surface area (Å²) in [5.74, 6) is 0.693. The van der Waals surface area contributed by atoms with Crippen molar-refractivity contribution < 1.29 is 23.8 Å². The summed E-state index contributed by atoms with van der Waals surface area (Å²) in [5.41, 5.74) is 1.01. The standard InChI is InChI=1S/C20H19BrN4O5S2/c1-28-14-8-11(9-15(29-2)17(14)30-3)18(27)23-19-24-25-20(32-19)31-10-16(26)22-13-6-4-12(21)5-7-13/h4-9H,10H2,1-3H3,(H,22,26)(H,23,24,27). The van der Waals surface area contributed by atoms with Gasteiger partial charge in [0.25, 0.3) is 5.91 Å². The fraction of sp³-hybridized carbons (Fsp3) is 0.200. The number of halogens is 1. The molecule has 168 valence electrons. The van der Waals surface area contributed by atoms with Crippen LogP contribution in [-0.4, -0.2) is 49.1 Å². The van der Waals surface area contributed by atoms with Crippen LogP contribution in [0.1, 0.15) is 10.4 Å². The van der Waals surface area contributed by atoms with Crippen LogP contribution in [0.25, 0.3) is 0 Å². The molecule has 1 aromatic heterocycles. The SMILES string of the molecule is COc1cc(C(=O)Nc2nnc(SCC(=O)Nc3ccc(Br)cc3)s2)cc(OC)c1OC. The van der Waals surface area contributed by atoms with Crippen LogP contribution in [0, 0.1) is 0 Å². The number of benzene rings is 2. The van der Waals surface area contributed by atoms with Crippen molar-refractivity contribution in [3.05, 3.63) is 46.4 Å². The fourth-order valence-corrected chi connectivity index (χ4v) is 4.37. The average Bonchev–Trinajstić information content (AvgIpc) is 3.25. The van der Waals surface area contributed by atoms with Gasteiger partial charge in [0.05, 0.1) is 27.1 Å². The zero-order chi connectivity index (χ0) is 23.1. The number of anilines is 2. The fourth-order valence-electron chi connectivity index (χ4n) is 2.56. The molecule has 0 aliphatic carbocycles. The van der Waals surface area contributed by atoms with E-state index in [1.807, 2.05) is 12.1 Å². The number of nitrogens with one attached hydrogen (secondary N) is 2. The Kier molecular flexibility index (Phi) is 8.31. The third-order valence-electron chi connectivity index (χ3n) is 4.01. The number of nitrogens with zero attached hydrogens (tertiary/aromatic N) is 2. The van der Waals surface area contributed by atoms with Gasteiger partial charge in [-0.3, -0.25) is 14.9 Å². The molecule has 3 rings (SSSR count). The van der Waals surface area contributed by atoms with E-state index in [0.717, 1.165) is 4.47 Å². The Labute approximate surface area is 201 Å². The van der Waals surface area contributed by atoms with Crippen LogP contribution in [0.15, 0.2) is 45.2 Å². The van der Waals surface area contributed by atoms with E-state index in [9.17, 15) is 9.59 Å². The molecule has 9 nitrogen and oxygen atoms in total. The zero-order valence-electron chi connectivity index (χ0n) is 17.3. The highest BCUT2D eigenvalue weighted by atomic mass is 79.9. The van der Waals surface area contributed by atoms with Crippen molar-refractivity contribution in [2.24, 2.45) is 0 Å². The molecule has 0 bridgehead atoms. The highest BCUT2D eigenvalue weighted by molar-refractivity contribution is 9.10. The third kappa shape index (κ3) is 6.11. The summed E-state index contributed by atoms with van der Waals surface area (Å²) in [7, 11) is 4.43. The van der Waals surface area contributed by atoms with Crippen molar-refractivity contribution in [1.82, 2.24) is 10.2 Å². The number of thioether (sulfide) groups is 1. The van der Waals surface area contributed by atoms with E-state index < -0.39 is 5.91 Å². The molecule has 0 unspecified atom stereocenters. The normalized spacial score (nSPS) is 10.4. The van der Waals surface area contributed by atoms with Crippen LogP contribution < -0.4 is 24.8 Å². The molecule has 1 heterocycles.